The van der Waals surface area contributed by atoms with Crippen LogP contribution in [-0.4, -0.2) is 18.0 Å². The molecule has 2 aromatic carbocycles. The normalized spacial score (nSPS) is 10.6. The zero-order chi connectivity index (χ0) is 16.8. The number of nitrogens with zero attached hydrogens (tertiary/aromatic N) is 1. The predicted molar refractivity (Wildman–Crippen MR) is 94.4 cm³/mol. The molecule has 0 atom stereocenters. The minimum absolute atomic E-state index is 0.643. The van der Waals surface area contributed by atoms with Gasteiger partial charge < -0.3 is 5.32 Å². The van der Waals surface area contributed by atoms with Crippen LogP contribution in [0.25, 0.3) is 0 Å². The van der Waals surface area contributed by atoms with Gasteiger partial charge in [-0.15, -0.1) is 0 Å². The van der Waals surface area contributed by atoms with E-state index in [1.165, 1.54) is 6.21 Å². The summed E-state index contributed by atoms with van der Waals surface area (Å²) in [6, 6.07) is 13.0. The van der Waals surface area contributed by atoms with Crippen molar-refractivity contribution >= 4 is 39.6 Å². The molecule has 6 heteroatoms. The Morgan fingerprint density at radius 1 is 1.00 bits per heavy atom. The molecule has 0 aliphatic heterocycles. The largest absolute Gasteiger partial charge is 0.329 e. The molecule has 0 saturated carbocycles. The number of para-hydroxylation sites is 1. The van der Waals surface area contributed by atoms with Crippen molar-refractivity contribution in [3.63, 3.8) is 0 Å². The second-order valence-electron chi connectivity index (χ2n) is 4.97. The van der Waals surface area contributed by atoms with Gasteiger partial charge in [0, 0.05) is 10.2 Å². The van der Waals surface area contributed by atoms with Gasteiger partial charge in [-0.2, -0.15) is 5.10 Å². The molecule has 0 bridgehead atoms. The highest BCUT2D eigenvalue weighted by molar-refractivity contribution is 9.10. The van der Waals surface area contributed by atoms with E-state index in [9.17, 15) is 9.59 Å². The Bertz CT molecular complexity index is 735. The van der Waals surface area contributed by atoms with Crippen molar-refractivity contribution in [3.8, 4) is 0 Å². The van der Waals surface area contributed by atoms with Gasteiger partial charge in [-0.05, 0) is 42.7 Å². The number of carbonyl (C=O) groups excluding carboxylic acids is 2. The third-order valence-electron chi connectivity index (χ3n) is 3.18. The lowest BCUT2D eigenvalue weighted by atomic mass is 10.1. The fraction of sp³-hybridized carbons (Fsp3) is 0.118. The molecule has 0 fully saturated rings. The number of halogens is 1. The van der Waals surface area contributed by atoms with Gasteiger partial charge in [0.05, 0.1) is 6.21 Å². The van der Waals surface area contributed by atoms with E-state index in [-0.39, 0.29) is 0 Å². The van der Waals surface area contributed by atoms with E-state index in [2.05, 4.69) is 31.8 Å². The van der Waals surface area contributed by atoms with E-state index in [4.69, 9.17) is 0 Å². The smallest absolute Gasteiger partial charge is 0.317 e. The average molecular weight is 374 g/mol. The van der Waals surface area contributed by atoms with E-state index in [0.717, 1.165) is 21.2 Å². The molecule has 118 valence electrons. The van der Waals surface area contributed by atoms with Crippen LogP contribution in [0.5, 0.6) is 0 Å². The highest BCUT2D eigenvalue weighted by Gasteiger charge is 2.14. The SMILES string of the molecule is Cc1cccc(C)c1NC(=O)C(=O)N/N=C\c1ccc(Br)cc1. The third-order valence-corrected chi connectivity index (χ3v) is 3.70. The number of nitrogens with one attached hydrogen (secondary N) is 2. The number of amides is 2. The van der Waals surface area contributed by atoms with Gasteiger partial charge in [-0.25, -0.2) is 5.43 Å². The molecule has 23 heavy (non-hydrogen) atoms. The van der Waals surface area contributed by atoms with E-state index < -0.39 is 11.8 Å². The van der Waals surface area contributed by atoms with Crippen molar-refractivity contribution < 1.29 is 9.59 Å². The van der Waals surface area contributed by atoms with Crippen LogP contribution in [-0.2, 0) is 9.59 Å². The molecular formula is C17H16BrN3O2. The summed E-state index contributed by atoms with van der Waals surface area (Å²) in [4.78, 5) is 23.7. The van der Waals surface area contributed by atoms with Crippen LogP contribution in [0.4, 0.5) is 5.69 Å². The van der Waals surface area contributed by atoms with Crippen molar-refractivity contribution in [1.29, 1.82) is 0 Å². The van der Waals surface area contributed by atoms with Crippen molar-refractivity contribution in [2.45, 2.75) is 13.8 Å². The van der Waals surface area contributed by atoms with Gasteiger partial charge in [-0.1, -0.05) is 46.3 Å². The number of hydrazone groups is 1. The van der Waals surface area contributed by atoms with Crippen molar-refractivity contribution in [2.75, 3.05) is 5.32 Å². The molecule has 0 spiro atoms. The first kappa shape index (κ1) is 16.9. The topological polar surface area (TPSA) is 70.6 Å². The Labute approximate surface area is 142 Å². The molecule has 0 heterocycles. The predicted octanol–water partition coefficient (Wildman–Crippen LogP) is 3.15. The van der Waals surface area contributed by atoms with Crippen molar-refractivity contribution in [1.82, 2.24) is 5.43 Å². The highest BCUT2D eigenvalue weighted by Crippen LogP contribution is 2.19. The van der Waals surface area contributed by atoms with Crippen molar-refractivity contribution in [2.24, 2.45) is 5.10 Å². The number of aryl methyl sites for hydroxylation is 2. The van der Waals surface area contributed by atoms with Gasteiger partial charge in [-0.3, -0.25) is 9.59 Å². The molecule has 2 amide bonds. The average Bonchev–Trinajstić information content (AvgIpc) is 2.52. The van der Waals surface area contributed by atoms with Gasteiger partial charge >= 0.3 is 11.8 Å². The summed E-state index contributed by atoms with van der Waals surface area (Å²) in [5.74, 6) is -1.57. The molecule has 0 saturated heterocycles. The van der Waals surface area contributed by atoms with E-state index in [0.29, 0.717) is 5.69 Å². The first-order chi connectivity index (χ1) is 11.0. The number of anilines is 1. The van der Waals surface area contributed by atoms with Crippen LogP contribution in [0.1, 0.15) is 16.7 Å². The van der Waals surface area contributed by atoms with Gasteiger partial charge in [0.25, 0.3) is 0 Å². The fourth-order valence-corrected chi connectivity index (χ4v) is 2.21. The maximum atomic E-state index is 11.9. The van der Waals surface area contributed by atoms with E-state index in [1.807, 2.05) is 56.3 Å². The van der Waals surface area contributed by atoms with E-state index >= 15 is 0 Å². The molecule has 0 aliphatic carbocycles. The Kier molecular flexibility index (Phi) is 5.65. The molecule has 0 radical (unpaired) electrons. The molecule has 0 aromatic heterocycles. The molecule has 2 rings (SSSR count). The van der Waals surface area contributed by atoms with Crippen molar-refractivity contribution in [3.05, 3.63) is 63.6 Å². The van der Waals surface area contributed by atoms with Crippen LogP contribution in [0.15, 0.2) is 52.0 Å². The summed E-state index contributed by atoms with van der Waals surface area (Å²) < 4.78 is 0.951. The maximum absolute atomic E-state index is 11.9. The van der Waals surface area contributed by atoms with Gasteiger partial charge in [0.1, 0.15) is 0 Å². The second-order valence-corrected chi connectivity index (χ2v) is 5.89. The molecule has 5 nitrogen and oxygen atoms in total. The summed E-state index contributed by atoms with van der Waals surface area (Å²) in [7, 11) is 0. The highest BCUT2D eigenvalue weighted by atomic mass is 79.9. The van der Waals surface area contributed by atoms with Crippen LogP contribution in [0.3, 0.4) is 0 Å². The molecule has 0 aliphatic rings. The lowest BCUT2D eigenvalue weighted by Gasteiger charge is -2.10. The van der Waals surface area contributed by atoms with Crippen LogP contribution in [0.2, 0.25) is 0 Å². The first-order valence-electron chi connectivity index (χ1n) is 6.93. The Morgan fingerprint density at radius 3 is 2.22 bits per heavy atom. The third kappa shape index (κ3) is 4.75. The molecular weight excluding hydrogens is 358 g/mol. The lowest BCUT2D eigenvalue weighted by molar-refractivity contribution is -0.136. The summed E-state index contributed by atoms with van der Waals surface area (Å²) in [5.41, 5.74) is 5.45. The van der Waals surface area contributed by atoms with Gasteiger partial charge in [0.15, 0.2) is 0 Å². The molecule has 2 aromatic rings. The molecule has 2 N–H and O–H groups in total. The number of hydrogen-bond donors (Lipinski definition) is 2. The number of carbonyl (C=O) groups is 2. The minimum Gasteiger partial charge on any atom is -0.317 e. The summed E-state index contributed by atoms with van der Waals surface area (Å²) in [6.07, 6.45) is 1.47. The number of rotatable bonds is 3. The zero-order valence-corrected chi connectivity index (χ0v) is 14.3. The van der Waals surface area contributed by atoms with Crippen LogP contribution < -0.4 is 10.7 Å². The lowest BCUT2D eigenvalue weighted by Crippen LogP contribution is -2.32. The fourth-order valence-electron chi connectivity index (χ4n) is 1.95. The Morgan fingerprint density at radius 2 is 1.61 bits per heavy atom. The Hall–Kier alpha value is -2.47. The summed E-state index contributed by atoms with van der Waals surface area (Å²) >= 11 is 3.33. The number of benzene rings is 2. The minimum atomic E-state index is -0.819. The Balaban J connectivity index is 1.95. The summed E-state index contributed by atoms with van der Waals surface area (Å²) in [5, 5.41) is 6.38. The quantitative estimate of drug-likeness (QED) is 0.492. The maximum Gasteiger partial charge on any atom is 0.329 e. The summed E-state index contributed by atoms with van der Waals surface area (Å²) in [6.45, 7) is 3.73. The number of hydrogen-bond acceptors (Lipinski definition) is 3. The zero-order valence-electron chi connectivity index (χ0n) is 12.8. The second kappa shape index (κ2) is 7.69. The van der Waals surface area contributed by atoms with Gasteiger partial charge in [0.2, 0.25) is 0 Å². The van der Waals surface area contributed by atoms with Crippen LogP contribution in [0, 0.1) is 13.8 Å². The monoisotopic (exact) mass is 373 g/mol. The molecule has 0 unspecified atom stereocenters. The standard InChI is InChI=1S/C17H16BrN3O2/c1-11-4-3-5-12(2)15(11)20-16(22)17(23)21-19-10-13-6-8-14(18)9-7-13/h3-10H,1-2H3,(H,20,22)(H,21,23)/b19-10-. The first-order valence-corrected chi connectivity index (χ1v) is 7.73. The van der Waals surface area contributed by atoms with Crippen LogP contribution >= 0.6 is 15.9 Å². The van der Waals surface area contributed by atoms with E-state index in [1.54, 1.807) is 0 Å².